The van der Waals surface area contributed by atoms with Gasteiger partial charge in [-0.3, -0.25) is 0 Å². The Bertz CT molecular complexity index is 383. The van der Waals surface area contributed by atoms with Crippen molar-refractivity contribution in [2.24, 2.45) is 5.92 Å². The molecule has 100 valence electrons. The van der Waals surface area contributed by atoms with Gasteiger partial charge in [-0.25, -0.2) is 4.98 Å². The lowest BCUT2D eigenvalue weighted by Crippen LogP contribution is -2.20. The first-order chi connectivity index (χ1) is 8.63. The van der Waals surface area contributed by atoms with Crippen molar-refractivity contribution in [1.29, 1.82) is 0 Å². The minimum atomic E-state index is 0.135. The average molecular weight is 250 g/mol. The average Bonchev–Trinajstić information content (AvgIpc) is 2.72. The summed E-state index contributed by atoms with van der Waals surface area (Å²) in [7, 11) is 2.16. The maximum absolute atomic E-state index is 5.54. The summed E-state index contributed by atoms with van der Waals surface area (Å²) in [5, 5.41) is 3.29. The molecule has 1 atom stereocenters. The first kappa shape index (κ1) is 13.1. The van der Waals surface area contributed by atoms with Crippen LogP contribution in [0, 0.1) is 5.92 Å². The van der Waals surface area contributed by atoms with E-state index in [1.165, 1.54) is 13.0 Å². The van der Waals surface area contributed by atoms with Gasteiger partial charge in [0.1, 0.15) is 0 Å². The molecule has 5 heteroatoms. The van der Waals surface area contributed by atoms with E-state index in [1.807, 2.05) is 13.8 Å². The lowest BCUT2D eigenvalue weighted by Gasteiger charge is -2.13. The largest absolute Gasteiger partial charge is 0.475 e. The van der Waals surface area contributed by atoms with Crippen LogP contribution in [0.4, 0.5) is 5.95 Å². The molecule has 1 unspecified atom stereocenters. The molecule has 1 N–H and O–H groups in total. The highest BCUT2D eigenvalue weighted by Crippen LogP contribution is 2.15. The van der Waals surface area contributed by atoms with Crippen LogP contribution in [0.15, 0.2) is 12.3 Å². The molecule has 0 bridgehead atoms. The van der Waals surface area contributed by atoms with Crippen LogP contribution in [0.25, 0.3) is 0 Å². The summed E-state index contributed by atoms with van der Waals surface area (Å²) in [6, 6.07) is 1.79. The summed E-state index contributed by atoms with van der Waals surface area (Å²) >= 11 is 0. The second kappa shape index (κ2) is 6.00. The Labute approximate surface area is 109 Å². The molecule has 1 aliphatic rings. The molecular weight excluding hydrogens is 228 g/mol. The van der Waals surface area contributed by atoms with E-state index in [-0.39, 0.29) is 6.10 Å². The summed E-state index contributed by atoms with van der Waals surface area (Å²) in [5.41, 5.74) is 0. The summed E-state index contributed by atoms with van der Waals surface area (Å²) in [4.78, 5) is 10.9. The van der Waals surface area contributed by atoms with Gasteiger partial charge in [0, 0.05) is 25.4 Å². The molecule has 1 saturated heterocycles. The summed E-state index contributed by atoms with van der Waals surface area (Å²) < 4.78 is 5.54. The minimum absolute atomic E-state index is 0.135. The number of hydrogen-bond donors (Lipinski definition) is 1. The fourth-order valence-corrected chi connectivity index (χ4v) is 2.16. The van der Waals surface area contributed by atoms with E-state index in [1.54, 1.807) is 12.3 Å². The second-order valence-corrected chi connectivity index (χ2v) is 5.18. The highest BCUT2D eigenvalue weighted by Gasteiger charge is 2.19. The number of rotatable bonds is 5. The molecule has 1 aliphatic heterocycles. The van der Waals surface area contributed by atoms with Crippen LogP contribution in [0.3, 0.4) is 0 Å². The SMILES string of the molecule is CC(C)Oc1ccnc(NCC2CCN(C)C2)n1. The Hall–Kier alpha value is -1.36. The Balaban J connectivity index is 1.85. The van der Waals surface area contributed by atoms with Gasteiger partial charge >= 0.3 is 0 Å². The quantitative estimate of drug-likeness (QED) is 0.860. The van der Waals surface area contributed by atoms with Crippen molar-refractivity contribution >= 4 is 5.95 Å². The van der Waals surface area contributed by atoms with Crippen LogP contribution < -0.4 is 10.1 Å². The Morgan fingerprint density at radius 2 is 2.39 bits per heavy atom. The van der Waals surface area contributed by atoms with Gasteiger partial charge in [-0.05, 0) is 39.8 Å². The zero-order valence-electron chi connectivity index (χ0n) is 11.4. The van der Waals surface area contributed by atoms with E-state index < -0.39 is 0 Å². The number of likely N-dealkylation sites (tertiary alicyclic amines) is 1. The summed E-state index contributed by atoms with van der Waals surface area (Å²) in [5.74, 6) is 1.97. The predicted octanol–water partition coefficient (Wildman–Crippen LogP) is 1.63. The van der Waals surface area contributed by atoms with Gasteiger partial charge in [0.2, 0.25) is 11.8 Å². The fraction of sp³-hybridized carbons (Fsp3) is 0.692. The monoisotopic (exact) mass is 250 g/mol. The van der Waals surface area contributed by atoms with E-state index in [0.717, 1.165) is 13.1 Å². The number of aromatic nitrogens is 2. The van der Waals surface area contributed by atoms with Crippen LogP contribution >= 0.6 is 0 Å². The molecule has 0 spiro atoms. The van der Waals surface area contributed by atoms with Crippen molar-refractivity contribution in [1.82, 2.24) is 14.9 Å². The van der Waals surface area contributed by atoms with E-state index in [9.17, 15) is 0 Å². The number of anilines is 1. The van der Waals surface area contributed by atoms with Crippen LogP contribution in [0.1, 0.15) is 20.3 Å². The van der Waals surface area contributed by atoms with Crippen molar-refractivity contribution in [2.75, 3.05) is 32.0 Å². The molecule has 1 fully saturated rings. The number of nitrogens with zero attached hydrogens (tertiary/aromatic N) is 3. The van der Waals surface area contributed by atoms with Gasteiger partial charge < -0.3 is 15.0 Å². The third-order valence-electron chi connectivity index (χ3n) is 3.02. The zero-order chi connectivity index (χ0) is 13.0. The van der Waals surface area contributed by atoms with Crippen LogP contribution in [0.2, 0.25) is 0 Å². The second-order valence-electron chi connectivity index (χ2n) is 5.18. The molecule has 0 radical (unpaired) electrons. The molecule has 2 heterocycles. The smallest absolute Gasteiger partial charge is 0.225 e. The van der Waals surface area contributed by atoms with Crippen molar-refractivity contribution in [3.8, 4) is 5.88 Å². The topological polar surface area (TPSA) is 50.3 Å². The highest BCUT2D eigenvalue weighted by molar-refractivity contribution is 5.27. The fourth-order valence-electron chi connectivity index (χ4n) is 2.16. The third kappa shape index (κ3) is 3.84. The van der Waals surface area contributed by atoms with Crippen LogP contribution in [0.5, 0.6) is 5.88 Å². The number of nitrogens with one attached hydrogen (secondary N) is 1. The molecule has 2 rings (SSSR count). The Morgan fingerprint density at radius 1 is 1.56 bits per heavy atom. The number of hydrogen-bond acceptors (Lipinski definition) is 5. The van der Waals surface area contributed by atoms with E-state index in [2.05, 4.69) is 27.2 Å². The molecule has 0 saturated carbocycles. The van der Waals surface area contributed by atoms with Crippen molar-refractivity contribution in [3.63, 3.8) is 0 Å². The molecule has 5 nitrogen and oxygen atoms in total. The normalized spacial score (nSPS) is 20.3. The number of ether oxygens (including phenoxy) is 1. The standard InChI is InChI=1S/C13H22N4O/c1-10(2)18-12-4-6-14-13(16-12)15-8-11-5-7-17(3)9-11/h4,6,10-11H,5,7-9H2,1-3H3,(H,14,15,16). The molecular formula is C13H22N4O. The molecule has 18 heavy (non-hydrogen) atoms. The lowest BCUT2D eigenvalue weighted by atomic mass is 10.1. The van der Waals surface area contributed by atoms with Crippen molar-refractivity contribution < 1.29 is 4.74 Å². The van der Waals surface area contributed by atoms with Crippen molar-refractivity contribution in [3.05, 3.63) is 12.3 Å². The molecule has 0 amide bonds. The van der Waals surface area contributed by atoms with Gasteiger partial charge in [-0.15, -0.1) is 0 Å². The highest BCUT2D eigenvalue weighted by atomic mass is 16.5. The molecule has 0 aliphatic carbocycles. The first-order valence-electron chi connectivity index (χ1n) is 6.55. The van der Waals surface area contributed by atoms with Gasteiger partial charge in [0.15, 0.2) is 0 Å². The maximum Gasteiger partial charge on any atom is 0.225 e. The van der Waals surface area contributed by atoms with Crippen LogP contribution in [-0.4, -0.2) is 47.7 Å². The lowest BCUT2D eigenvalue weighted by molar-refractivity contribution is 0.232. The third-order valence-corrected chi connectivity index (χ3v) is 3.02. The summed E-state index contributed by atoms with van der Waals surface area (Å²) in [6.45, 7) is 7.24. The van der Waals surface area contributed by atoms with Crippen LogP contribution in [-0.2, 0) is 0 Å². The first-order valence-corrected chi connectivity index (χ1v) is 6.55. The van der Waals surface area contributed by atoms with E-state index in [0.29, 0.717) is 17.7 Å². The minimum Gasteiger partial charge on any atom is -0.475 e. The van der Waals surface area contributed by atoms with Gasteiger partial charge in [0.25, 0.3) is 0 Å². The summed E-state index contributed by atoms with van der Waals surface area (Å²) in [6.07, 6.45) is 3.11. The zero-order valence-corrected chi connectivity index (χ0v) is 11.4. The van der Waals surface area contributed by atoms with Gasteiger partial charge in [0.05, 0.1) is 6.10 Å². The van der Waals surface area contributed by atoms with Crippen molar-refractivity contribution in [2.45, 2.75) is 26.4 Å². The van der Waals surface area contributed by atoms with E-state index >= 15 is 0 Å². The van der Waals surface area contributed by atoms with Gasteiger partial charge in [-0.2, -0.15) is 4.98 Å². The Kier molecular flexibility index (Phi) is 4.36. The predicted molar refractivity (Wildman–Crippen MR) is 71.9 cm³/mol. The van der Waals surface area contributed by atoms with E-state index in [4.69, 9.17) is 4.74 Å². The molecule has 1 aromatic heterocycles. The molecule has 1 aromatic rings. The maximum atomic E-state index is 5.54. The molecule has 0 aromatic carbocycles. The Morgan fingerprint density at radius 3 is 3.06 bits per heavy atom. The van der Waals surface area contributed by atoms with Gasteiger partial charge in [-0.1, -0.05) is 0 Å².